The average Bonchev–Trinajstić information content (AvgIpc) is 3.92. The first-order chi connectivity index (χ1) is 23.3. The Morgan fingerprint density at radius 2 is 1.73 bits per heavy atom. The minimum atomic E-state index is -0.722. The molecule has 2 aliphatic rings. The highest BCUT2D eigenvalue weighted by atomic mass is 35.5. The highest BCUT2D eigenvalue weighted by Gasteiger charge is 2.37. The number of carbonyl (C=O) groups excluding carboxylic acids is 2. The number of alkyl carbamates (subject to hydrolysis) is 1. The lowest BCUT2D eigenvalue weighted by Crippen LogP contribution is -2.51. The molecule has 2 fully saturated rings. The molecular formula is C37H41Cl3FN7O3. The normalized spacial score (nSPS) is 16.7. The van der Waals surface area contributed by atoms with E-state index < -0.39 is 12.1 Å². The number of benzene rings is 2. The molecule has 0 saturated carbocycles. The highest BCUT2D eigenvalue weighted by molar-refractivity contribution is 5.87. The van der Waals surface area contributed by atoms with Gasteiger partial charge in [0.15, 0.2) is 0 Å². The van der Waals surface area contributed by atoms with E-state index in [9.17, 15) is 9.59 Å². The van der Waals surface area contributed by atoms with E-state index in [-0.39, 0.29) is 66.9 Å². The van der Waals surface area contributed by atoms with Crippen molar-refractivity contribution in [2.24, 2.45) is 5.92 Å². The molecule has 0 spiro atoms. The van der Waals surface area contributed by atoms with Gasteiger partial charge in [0.25, 0.3) is 0 Å². The van der Waals surface area contributed by atoms with Crippen LogP contribution in [0.15, 0.2) is 54.9 Å². The maximum Gasteiger partial charge on any atom is 0.407 e. The molecule has 0 bridgehead atoms. The van der Waals surface area contributed by atoms with E-state index >= 15 is 4.39 Å². The van der Waals surface area contributed by atoms with Gasteiger partial charge >= 0.3 is 6.09 Å². The van der Waals surface area contributed by atoms with Crippen LogP contribution in [0, 0.1) is 35.4 Å². The second-order valence-electron chi connectivity index (χ2n) is 12.3. The molecule has 51 heavy (non-hydrogen) atoms. The summed E-state index contributed by atoms with van der Waals surface area (Å²) in [5.74, 6) is 12.8. The van der Waals surface area contributed by atoms with Crippen molar-refractivity contribution >= 4 is 49.2 Å². The number of rotatable bonds is 7. The van der Waals surface area contributed by atoms with Crippen LogP contribution in [-0.2, 0) is 9.53 Å². The van der Waals surface area contributed by atoms with Crippen LogP contribution in [0.2, 0.25) is 0 Å². The van der Waals surface area contributed by atoms with Crippen molar-refractivity contribution < 1.29 is 18.7 Å². The Balaban J connectivity index is 0.00000234. The van der Waals surface area contributed by atoms with Gasteiger partial charge in [-0.15, -0.1) is 37.2 Å². The Bertz CT molecular complexity index is 1940. The molecule has 4 aromatic rings. The first-order valence-electron chi connectivity index (χ1n) is 16.2. The third-order valence-corrected chi connectivity index (χ3v) is 8.78. The molecule has 10 nitrogen and oxygen atoms in total. The van der Waals surface area contributed by atoms with Gasteiger partial charge in [-0.05, 0) is 74.1 Å². The van der Waals surface area contributed by atoms with Gasteiger partial charge < -0.3 is 30.2 Å². The van der Waals surface area contributed by atoms with Crippen LogP contribution in [0.3, 0.4) is 0 Å². The fourth-order valence-corrected chi connectivity index (χ4v) is 6.26. The number of H-pyrrole nitrogens is 2. The Morgan fingerprint density at radius 3 is 2.45 bits per heavy atom. The summed E-state index contributed by atoms with van der Waals surface area (Å²) in [6.07, 6.45) is 6.50. The van der Waals surface area contributed by atoms with Crippen LogP contribution in [0.25, 0.3) is 22.4 Å². The largest absolute Gasteiger partial charge is 0.453 e. The van der Waals surface area contributed by atoms with Crippen molar-refractivity contribution in [2.45, 2.75) is 57.7 Å². The van der Waals surface area contributed by atoms with Gasteiger partial charge in [-0.2, -0.15) is 0 Å². The lowest BCUT2D eigenvalue weighted by molar-refractivity contribution is -0.135. The van der Waals surface area contributed by atoms with Gasteiger partial charge in [0.2, 0.25) is 5.91 Å². The molecule has 2 unspecified atom stereocenters. The number of nitrogens with zero attached hydrogens (tertiary/aromatic N) is 3. The first kappa shape index (κ1) is 40.9. The summed E-state index contributed by atoms with van der Waals surface area (Å²) in [6, 6.07) is 11.5. The molecule has 2 saturated heterocycles. The Labute approximate surface area is 315 Å². The Morgan fingerprint density at radius 1 is 0.961 bits per heavy atom. The van der Waals surface area contributed by atoms with Crippen molar-refractivity contribution in [3.63, 3.8) is 0 Å². The Kier molecular flexibility index (Phi) is 15.0. The van der Waals surface area contributed by atoms with E-state index in [1.54, 1.807) is 35.5 Å². The number of hydrogen-bond acceptors (Lipinski definition) is 6. The third kappa shape index (κ3) is 9.43. The predicted molar refractivity (Wildman–Crippen MR) is 201 cm³/mol. The van der Waals surface area contributed by atoms with Crippen molar-refractivity contribution in [1.29, 1.82) is 0 Å². The molecule has 6 rings (SSSR count). The first-order valence-corrected chi connectivity index (χ1v) is 16.2. The lowest BCUT2D eigenvalue weighted by Gasteiger charge is -2.30. The topological polar surface area (TPSA) is 128 Å². The molecule has 4 N–H and O–H groups in total. The maximum atomic E-state index is 15.1. The fraction of sp³-hybridized carbons (Fsp3) is 0.351. The van der Waals surface area contributed by atoms with Crippen LogP contribution in [-0.4, -0.2) is 63.1 Å². The number of amides is 2. The number of nitrogens with one attached hydrogen (secondary N) is 4. The SMILES string of the molecule is COC(=O)N[C@H](C(=O)N1CCCC1c1ncc(-c2ccc(C#CC#Cc3cnc(C4CCCN4)[nH]3)c(-c3ccccc3F)c2)[nH]1)C(C)C.Cl.Cl.Cl. The number of halogens is 4. The summed E-state index contributed by atoms with van der Waals surface area (Å²) >= 11 is 0. The van der Waals surface area contributed by atoms with Gasteiger partial charge in [-0.3, -0.25) is 4.79 Å². The number of carbonyl (C=O) groups is 2. The molecule has 2 amide bonds. The molecule has 4 heterocycles. The molecule has 3 atom stereocenters. The van der Waals surface area contributed by atoms with E-state index in [1.165, 1.54) is 13.2 Å². The number of ether oxygens (including phenoxy) is 1. The zero-order valence-corrected chi connectivity index (χ0v) is 30.9. The second kappa shape index (κ2) is 18.6. The van der Waals surface area contributed by atoms with E-state index in [1.807, 2.05) is 32.0 Å². The van der Waals surface area contributed by atoms with Gasteiger partial charge in [0.05, 0.1) is 37.3 Å². The quantitative estimate of drug-likeness (QED) is 0.155. The summed E-state index contributed by atoms with van der Waals surface area (Å²) in [6.45, 7) is 5.30. The number of methoxy groups -OCH3 is 1. The smallest absolute Gasteiger partial charge is 0.407 e. The van der Waals surface area contributed by atoms with Crippen molar-refractivity contribution in [3.8, 4) is 46.1 Å². The number of imidazole rings is 2. The van der Waals surface area contributed by atoms with Crippen LogP contribution >= 0.6 is 37.2 Å². The van der Waals surface area contributed by atoms with E-state index in [0.717, 1.165) is 49.3 Å². The number of aromatic nitrogens is 4. The molecular weight excluding hydrogens is 716 g/mol. The summed E-state index contributed by atoms with van der Waals surface area (Å²) in [5.41, 5.74) is 3.87. The van der Waals surface area contributed by atoms with E-state index in [0.29, 0.717) is 34.8 Å². The van der Waals surface area contributed by atoms with Crippen LogP contribution in [0.5, 0.6) is 0 Å². The summed E-state index contributed by atoms with van der Waals surface area (Å²) in [7, 11) is 1.28. The van der Waals surface area contributed by atoms with E-state index in [2.05, 4.69) is 54.3 Å². The minimum absolute atomic E-state index is 0. The average molecular weight is 757 g/mol. The molecule has 0 radical (unpaired) electrons. The standard InChI is InChI=1S/C37H38FN7O3.3ClH/c1-23(2)33(44-37(47)48-3)36(46)45-19-9-15-32(45)35-41-22-31(43-35)25-17-16-24(28(20-25)27-12-6-7-13-29(27)38)10-4-5-11-26-21-40-34(42-26)30-14-8-18-39-30;;;/h6-7,12-13,16-17,20-23,30,32-33,39H,8-9,14-15,18-19H2,1-3H3,(H,40,42)(H,41,43)(H,44,47);3*1H/t30?,32?,33-;;;/m0.../s1. The van der Waals surface area contributed by atoms with Crippen molar-refractivity contribution in [3.05, 3.63) is 83.6 Å². The Hall–Kier alpha value is -4.52. The predicted octanol–water partition coefficient (Wildman–Crippen LogP) is 6.74. The van der Waals surface area contributed by atoms with Gasteiger partial charge in [0.1, 0.15) is 29.2 Å². The van der Waals surface area contributed by atoms with Crippen LogP contribution in [0.1, 0.15) is 74.5 Å². The maximum absolute atomic E-state index is 15.1. The molecule has 2 aromatic heterocycles. The molecule has 0 aliphatic carbocycles. The van der Waals surface area contributed by atoms with Crippen molar-refractivity contribution in [2.75, 3.05) is 20.2 Å². The second-order valence-corrected chi connectivity index (χ2v) is 12.3. The molecule has 2 aromatic carbocycles. The summed E-state index contributed by atoms with van der Waals surface area (Å²) in [5, 5.41) is 6.09. The third-order valence-electron chi connectivity index (χ3n) is 8.78. The molecule has 270 valence electrons. The molecule has 2 aliphatic heterocycles. The van der Waals surface area contributed by atoms with Crippen molar-refractivity contribution in [1.82, 2.24) is 35.5 Å². The van der Waals surface area contributed by atoms with E-state index in [4.69, 9.17) is 4.74 Å². The number of hydrogen-bond donors (Lipinski definition) is 4. The number of aromatic amines is 2. The van der Waals surface area contributed by atoms with Crippen LogP contribution < -0.4 is 10.6 Å². The summed E-state index contributed by atoms with van der Waals surface area (Å²) in [4.78, 5) is 43.0. The number of likely N-dealkylation sites (tertiary alicyclic amines) is 1. The zero-order chi connectivity index (χ0) is 33.6. The van der Waals surface area contributed by atoms with Gasteiger partial charge in [-0.25, -0.2) is 19.2 Å². The monoisotopic (exact) mass is 755 g/mol. The fourth-order valence-electron chi connectivity index (χ4n) is 6.26. The highest BCUT2D eigenvalue weighted by Crippen LogP contribution is 2.34. The zero-order valence-electron chi connectivity index (χ0n) is 28.4. The van der Waals surface area contributed by atoms with Gasteiger partial charge in [0, 0.05) is 28.8 Å². The summed E-state index contributed by atoms with van der Waals surface area (Å²) < 4.78 is 19.8. The molecule has 14 heteroatoms. The minimum Gasteiger partial charge on any atom is -0.453 e. The van der Waals surface area contributed by atoms with Gasteiger partial charge in [-0.1, -0.05) is 44.0 Å². The van der Waals surface area contributed by atoms with Crippen LogP contribution in [0.4, 0.5) is 9.18 Å². The lowest BCUT2D eigenvalue weighted by atomic mass is 9.96.